The number of alkyl halides is 2. The average molecular weight is 325 g/mol. The second-order valence-electron chi connectivity index (χ2n) is 4.43. The SMILES string of the molecule is O=C(NCCOc1ccc(F)cc1)c1ccccc1OC(F)F. The topological polar surface area (TPSA) is 47.6 Å². The summed E-state index contributed by atoms with van der Waals surface area (Å²) in [5, 5.41) is 2.53. The Balaban J connectivity index is 1.84. The molecule has 0 saturated carbocycles. The van der Waals surface area contributed by atoms with E-state index in [9.17, 15) is 18.0 Å². The van der Waals surface area contributed by atoms with Gasteiger partial charge >= 0.3 is 6.61 Å². The summed E-state index contributed by atoms with van der Waals surface area (Å²) in [6, 6.07) is 11.1. The lowest BCUT2D eigenvalue weighted by molar-refractivity contribution is -0.0501. The Labute approximate surface area is 130 Å². The highest BCUT2D eigenvalue weighted by atomic mass is 19.3. The summed E-state index contributed by atoms with van der Waals surface area (Å²) in [6.07, 6.45) is 0. The molecule has 2 rings (SSSR count). The molecule has 4 nitrogen and oxygen atoms in total. The zero-order valence-corrected chi connectivity index (χ0v) is 12.0. The van der Waals surface area contributed by atoms with Crippen LogP contribution < -0.4 is 14.8 Å². The summed E-state index contributed by atoms with van der Waals surface area (Å²) in [5.74, 6) is -0.660. The van der Waals surface area contributed by atoms with Crippen molar-refractivity contribution in [2.45, 2.75) is 6.61 Å². The fourth-order valence-corrected chi connectivity index (χ4v) is 1.81. The number of carbonyl (C=O) groups excluding carboxylic acids is 1. The number of hydrogen-bond donors (Lipinski definition) is 1. The molecule has 2 aromatic rings. The second kappa shape index (κ2) is 8.07. The zero-order valence-electron chi connectivity index (χ0n) is 12.0. The lowest BCUT2D eigenvalue weighted by Crippen LogP contribution is -2.28. The molecule has 0 unspecified atom stereocenters. The quantitative estimate of drug-likeness (QED) is 0.795. The third-order valence-electron chi connectivity index (χ3n) is 2.82. The number of halogens is 3. The van der Waals surface area contributed by atoms with E-state index in [2.05, 4.69) is 10.1 Å². The van der Waals surface area contributed by atoms with Crippen LogP contribution in [0.3, 0.4) is 0 Å². The van der Waals surface area contributed by atoms with Gasteiger partial charge in [-0.15, -0.1) is 0 Å². The first-order valence-electron chi connectivity index (χ1n) is 6.76. The van der Waals surface area contributed by atoms with Gasteiger partial charge < -0.3 is 14.8 Å². The van der Waals surface area contributed by atoms with Gasteiger partial charge in [0.1, 0.15) is 23.9 Å². The van der Waals surface area contributed by atoms with Crippen LogP contribution in [-0.4, -0.2) is 25.7 Å². The van der Waals surface area contributed by atoms with Gasteiger partial charge in [-0.2, -0.15) is 8.78 Å². The van der Waals surface area contributed by atoms with Gasteiger partial charge in [-0.05, 0) is 36.4 Å². The van der Waals surface area contributed by atoms with E-state index < -0.39 is 12.5 Å². The summed E-state index contributed by atoms with van der Waals surface area (Å²) < 4.78 is 46.9. The molecule has 1 amide bonds. The molecule has 0 radical (unpaired) electrons. The van der Waals surface area contributed by atoms with Crippen molar-refractivity contribution in [1.82, 2.24) is 5.32 Å². The number of para-hydroxylation sites is 1. The standard InChI is InChI=1S/C16H14F3NO3/c17-11-5-7-12(8-6-11)22-10-9-20-15(21)13-3-1-2-4-14(13)23-16(18)19/h1-8,16H,9-10H2,(H,20,21). The maximum Gasteiger partial charge on any atom is 0.387 e. The van der Waals surface area contributed by atoms with Crippen molar-refractivity contribution in [3.8, 4) is 11.5 Å². The van der Waals surface area contributed by atoms with E-state index in [0.29, 0.717) is 5.75 Å². The molecule has 1 N–H and O–H groups in total. The molecule has 2 aromatic carbocycles. The molecule has 0 aliphatic heterocycles. The molecule has 0 atom stereocenters. The van der Waals surface area contributed by atoms with E-state index in [-0.39, 0.29) is 30.3 Å². The smallest absolute Gasteiger partial charge is 0.387 e. The van der Waals surface area contributed by atoms with Gasteiger partial charge in [0.05, 0.1) is 12.1 Å². The number of nitrogens with one attached hydrogen (secondary N) is 1. The Morgan fingerprint density at radius 1 is 1.09 bits per heavy atom. The van der Waals surface area contributed by atoms with Gasteiger partial charge in [-0.25, -0.2) is 4.39 Å². The van der Waals surface area contributed by atoms with Crippen LogP contribution in [0.15, 0.2) is 48.5 Å². The summed E-state index contributed by atoms with van der Waals surface area (Å²) in [4.78, 5) is 12.0. The molecule has 0 saturated heterocycles. The van der Waals surface area contributed by atoms with Crippen LogP contribution in [0.1, 0.15) is 10.4 Å². The first kappa shape index (κ1) is 16.7. The number of ether oxygens (including phenoxy) is 2. The number of benzene rings is 2. The third kappa shape index (κ3) is 5.21. The van der Waals surface area contributed by atoms with Crippen molar-refractivity contribution in [1.29, 1.82) is 0 Å². The van der Waals surface area contributed by atoms with Gasteiger partial charge in [0, 0.05) is 0 Å². The van der Waals surface area contributed by atoms with Gasteiger partial charge in [0.15, 0.2) is 0 Å². The molecular weight excluding hydrogens is 311 g/mol. The Morgan fingerprint density at radius 3 is 2.48 bits per heavy atom. The normalized spacial score (nSPS) is 10.4. The minimum Gasteiger partial charge on any atom is -0.492 e. The van der Waals surface area contributed by atoms with E-state index in [4.69, 9.17) is 4.74 Å². The van der Waals surface area contributed by atoms with Crippen molar-refractivity contribution in [3.63, 3.8) is 0 Å². The predicted molar refractivity (Wildman–Crippen MR) is 77.3 cm³/mol. The number of hydrogen-bond acceptors (Lipinski definition) is 3. The van der Waals surface area contributed by atoms with Gasteiger partial charge in [-0.3, -0.25) is 4.79 Å². The highest BCUT2D eigenvalue weighted by Gasteiger charge is 2.14. The molecule has 0 heterocycles. The first-order valence-corrected chi connectivity index (χ1v) is 6.76. The highest BCUT2D eigenvalue weighted by Crippen LogP contribution is 2.20. The van der Waals surface area contributed by atoms with Gasteiger partial charge in [0.2, 0.25) is 0 Å². The molecule has 7 heteroatoms. The molecule has 0 aliphatic carbocycles. The van der Waals surface area contributed by atoms with E-state index >= 15 is 0 Å². The zero-order chi connectivity index (χ0) is 16.7. The second-order valence-corrected chi connectivity index (χ2v) is 4.43. The van der Waals surface area contributed by atoms with Crippen LogP contribution in [0.4, 0.5) is 13.2 Å². The Bertz CT molecular complexity index is 647. The monoisotopic (exact) mass is 325 g/mol. The fourth-order valence-electron chi connectivity index (χ4n) is 1.81. The first-order chi connectivity index (χ1) is 11.1. The van der Waals surface area contributed by atoms with Crippen LogP contribution in [0.5, 0.6) is 11.5 Å². The van der Waals surface area contributed by atoms with Gasteiger partial charge in [-0.1, -0.05) is 12.1 Å². The van der Waals surface area contributed by atoms with Gasteiger partial charge in [0.25, 0.3) is 5.91 Å². The molecule has 23 heavy (non-hydrogen) atoms. The van der Waals surface area contributed by atoms with Crippen molar-refractivity contribution in [3.05, 3.63) is 59.9 Å². The van der Waals surface area contributed by atoms with Crippen LogP contribution in [0, 0.1) is 5.82 Å². The van der Waals surface area contributed by atoms with Crippen LogP contribution in [-0.2, 0) is 0 Å². The molecule has 122 valence electrons. The molecule has 0 fully saturated rings. The van der Waals surface area contributed by atoms with Crippen LogP contribution in [0.25, 0.3) is 0 Å². The molecule has 0 bridgehead atoms. The lowest BCUT2D eigenvalue weighted by Gasteiger charge is -2.11. The van der Waals surface area contributed by atoms with Crippen LogP contribution in [0.2, 0.25) is 0 Å². The number of rotatable bonds is 7. The van der Waals surface area contributed by atoms with Crippen molar-refractivity contribution in [2.75, 3.05) is 13.2 Å². The van der Waals surface area contributed by atoms with E-state index in [0.717, 1.165) is 0 Å². The minimum atomic E-state index is -3.01. The van der Waals surface area contributed by atoms with Crippen molar-refractivity contribution >= 4 is 5.91 Å². The largest absolute Gasteiger partial charge is 0.492 e. The number of carbonyl (C=O) groups is 1. The highest BCUT2D eigenvalue weighted by molar-refractivity contribution is 5.96. The van der Waals surface area contributed by atoms with E-state index in [1.54, 1.807) is 6.07 Å². The molecular formula is C16H14F3NO3. The van der Waals surface area contributed by atoms with E-state index in [1.807, 2.05) is 0 Å². The summed E-state index contributed by atoms with van der Waals surface area (Å²) >= 11 is 0. The number of amides is 1. The Morgan fingerprint density at radius 2 is 1.78 bits per heavy atom. The maximum atomic E-state index is 12.7. The lowest BCUT2D eigenvalue weighted by atomic mass is 10.2. The van der Waals surface area contributed by atoms with Crippen molar-refractivity contribution < 1.29 is 27.4 Å². The summed E-state index contributed by atoms with van der Waals surface area (Å²) in [5.41, 5.74) is 0.00887. The minimum absolute atomic E-state index is 0.00887. The predicted octanol–water partition coefficient (Wildman–Crippen LogP) is 3.24. The Kier molecular flexibility index (Phi) is 5.85. The third-order valence-corrected chi connectivity index (χ3v) is 2.82. The van der Waals surface area contributed by atoms with E-state index in [1.165, 1.54) is 42.5 Å². The molecule has 0 aliphatic rings. The average Bonchev–Trinajstić information content (AvgIpc) is 2.53. The molecule has 0 spiro atoms. The van der Waals surface area contributed by atoms with Crippen LogP contribution >= 0.6 is 0 Å². The maximum absolute atomic E-state index is 12.7. The summed E-state index contributed by atoms with van der Waals surface area (Å²) in [7, 11) is 0. The summed E-state index contributed by atoms with van der Waals surface area (Å²) in [6.45, 7) is -2.71. The Hall–Kier alpha value is -2.70. The van der Waals surface area contributed by atoms with Crippen molar-refractivity contribution in [2.24, 2.45) is 0 Å². The molecule has 0 aromatic heterocycles. The fraction of sp³-hybridized carbons (Fsp3) is 0.188.